The SMILES string of the molecule is Cc1c[nH]c(=O)[nH]c1=O.O=P(O)(O)OP(=O)(O)O. The molecule has 13 heteroatoms. The molecule has 0 saturated heterocycles. The Labute approximate surface area is 99.0 Å². The van der Waals surface area contributed by atoms with E-state index < -0.39 is 21.3 Å². The Hall–Kier alpha value is -1.06. The van der Waals surface area contributed by atoms with Gasteiger partial charge in [0.1, 0.15) is 0 Å². The number of aromatic nitrogens is 2. The lowest BCUT2D eigenvalue weighted by molar-refractivity contribution is 0.225. The molecule has 0 aliphatic rings. The van der Waals surface area contributed by atoms with Crippen LogP contribution < -0.4 is 11.2 Å². The molecule has 11 nitrogen and oxygen atoms in total. The molecule has 0 spiro atoms. The van der Waals surface area contributed by atoms with Crippen LogP contribution in [0.2, 0.25) is 0 Å². The molecule has 1 heterocycles. The van der Waals surface area contributed by atoms with Crippen LogP contribution >= 0.6 is 15.6 Å². The predicted molar refractivity (Wildman–Crippen MR) is 57.6 cm³/mol. The second kappa shape index (κ2) is 6.21. The van der Waals surface area contributed by atoms with Gasteiger partial charge in [-0.15, -0.1) is 0 Å². The maximum atomic E-state index is 10.6. The zero-order chi connectivity index (χ0) is 14.6. The van der Waals surface area contributed by atoms with Crippen molar-refractivity contribution in [2.45, 2.75) is 6.92 Å². The molecule has 0 unspecified atom stereocenters. The minimum Gasteiger partial charge on any atom is -0.314 e. The van der Waals surface area contributed by atoms with Crippen LogP contribution in [0.5, 0.6) is 0 Å². The summed E-state index contributed by atoms with van der Waals surface area (Å²) in [6, 6.07) is 0. The van der Waals surface area contributed by atoms with E-state index in [0.29, 0.717) is 5.56 Å². The smallest absolute Gasteiger partial charge is 0.314 e. The fraction of sp³-hybridized carbons (Fsp3) is 0.200. The lowest BCUT2D eigenvalue weighted by atomic mass is 10.4. The Bertz CT molecular complexity index is 571. The lowest BCUT2D eigenvalue weighted by Crippen LogP contribution is -2.22. The summed E-state index contributed by atoms with van der Waals surface area (Å²) in [5.74, 6) is 0. The molecular weight excluding hydrogens is 294 g/mol. The number of aryl methyl sites for hydroxylation is 1. The van der Waals surface area contributed by atoms with Crippen molar-refractivity contribution >= 4 is 15.6 Å². The number of hydrogen-bond acceptors (Lipinski definition) is 5. The first-order valence-corrected chi connectivity index (χ1v) is 7.08. The Balaban J connectivity index is 0.000000321. The maximum absolute atomic E-state index is 10.6. The molecule has 0 aliphatic heterocycles. The zero-order valence-electron chi connectivity index (χ0n) is 8.80. The van der Waals surface area contributed by atoms with Gasteiger partial charge < -0.3 is 24.6 Å². The van der Waals surface area contributed by atoms with E-state index in [2.05, 4.69) is 14.3 Å². The summed E-state index contributed by atoms with van der Waals surface area (Å²) in [5.41, 5.74) is -0.293. The van der Waals surface area contributed by atoms with Gasteiger partial charge in [-0.1, -0.05) is 0 Å². The van der Waals surface area contributed by atoms with Gasteiger partial charge in [0.2, 0.25) is 0 Å². The third kappa shape index (κ3) is 9.02. The van der Waals surface area contributed by atoms with Crippen LogP contribution in [0.4, 0.5) is 0 Å². The van der Waals surface area contributed by atoms with Crippen LogP contribution in [0.25, 0.3) is 0 Å². The van der Waals surface area contributed by atoms with Gasteiger partial charge in [-0.25, -0.2) is 13.9 Å². The molecule has 1 aromatic rings. The number of nitrogens with one attached hydrogen (secondary N) is 2. The quantitative estimate of drug-likeness (QED) is 0.355. The third-order valence-electron chi connectivity index (χ3n) is 1.22. The van der Waals surface area contributed by atoms with Crippen molar-refractivity contribution in [2.75, 3.05) is 0 Å². The molecule has 0 aromatic carbocycles. The highest BCUT2D eigenvalue weighted by Gasteiger charge is 2.27. The predicted octanol–water partition coefficient (Wildman–Crippen LogP) is -1.44. The molecule has 1 rings (SSSR count). The Morgan fingerprint density at radius 1 is 1.11 bits per heavy atom. The molecule has 0 aliphatic carbocycles. The van der Waals surface area contributed by atoms with Gasteiger partial charge in [0, 0.05) is 11.8 Å². The summed E-state index contributed by atoms with van der Waals surface area (Å²) >= 11 is 0. The molecule has 0 fully saturated rings. The Kier molecular flexibility index (Phi) is 5.84. The fourth-order valence-corrected chi connectivity index (χ4v) is 1.72. The molecule has 1 aromatic heterocycles. The molecule has 6 N–H and O–H groups in total. The van der Waals surface area contributed by atoms with Crippen LogP contribution in [0.15, 0.2) is 15.8 Å². The first-order valence-electron chi connectivity index (χ1n) is 4.02. The monoisotopic (exact) mass is 304 g/mol. The van der Waals surface area contributed by atoms with Crippen LogP contribution in [-0.4, -0.2) is 29.5 Å². The highest BCUT2D eigenvalue weighted by molar-refractivity contribution is 7.60. The summed E-state index contributed by atoms with van der Waals surface area (Å²) < 4.78 is 22.2. The van der Waals surface area contributed by atoms with E-state index in [9.17, 15) is 18.7 Å². The Morgan fingerprint density at radius 3 is 1.78 bits per heavy atom. The average Bonchev–Trinajstić information content (AvgIpc) is 2.06. The first kappa shape index (κ1) is 16.9. The fourth-order valence-electron chi connectivity index (χ4n) is 0.616. The molecule has 104 valence electrons. The van der Waals surface area contributed by atoms with Crippen LogP contribution in [0.1, 0.15) is 5.56 Å². The van der Waals surface area contributed by atoms with Crippen molar-refractivity contribution in [1.29, 1.82) is 0 Å². The van der Waals surface area contributed by atoms with Gasteiger partial charge in [0.25, 0.3) is 5.56 Å². The van der Waals surface area contributed by atoms with Crippen molar-refractivity contribution in [2.24, 2.45) is 0 Å². The van der Waals surface area contributed by atoms with E-state index in [4.69, 9.17) is 19.6 Å². The molecular formula is C5H10N2O9P2. The molecule has 0 bridgehead atoms. The second-order valence-electron chi connectivity index (χ2n) is 2.82. The van der Waals surface area contributed by atoms with Gasteiger partial charge in [0.05, 0.1) is 0 Å². The highest BCUT2D eigenvalue weighted by atomic mass is 31.3. The standard InChI is InChI=1S/C5H6N2O2.H4O7P2/c1-3-2-6-5(9)7-4(3)8;1-8(2,3)7-9(4,5)6/h2H,1H3,(H2,6,7,8,9);(H2,1,2,3)(H2,4,5,6). The second-order valence-corrected chi connectivity index (χ2v) is 5.43. The highest BCUT2D eigenvalue weighted by Crippen LogP contribution is 2.53. The van der Waals surface area contributed by atoms with Gasteiger partial charge >= 0.3 is 21.3 Å². The third-order valence-corrected chi connectivity index (χ3v) is 2.92. The van der Waals surface area contributed by atoms with E-state index in [-0.39, 0.29) is 5.56 Å². The summed E-state index contributed by atoms with van der Waals surface area (Å²) in [5, 5.41) is 0. The van der Waals surface area contributed by atoms with Crippen molar-refractivity contribution in [3.63, 3.8) is 0 Å². The number of phosphoric acid groups is 2. The van der Waals surface area contributed by atoms with E-state index in [1.54, 1.807) is 6.92 Å². The van der Waals surface area contributed by atoms with Crippen molar-refractivity contribution in [3.8, 4) is 0 Å². The minimum atomic E-state index is -5.05. The van der Waals surface area contributed by atoms with Gasteiger partial charge in [-0.3, -0.25) is 9.78 Å². The topological polar surface area (TPSA) is 190 Å². The van der Waals surface area contributed by atoms with Crippen LogP contribution in [0, 0.1) is 6.92 Å². The van der Waals surface area contributed by atoms with Crippen LogP contribution in [-0.2, 0) is 13.4 Å². The number of rotatable bonds is 2. The summed E-state index contributed by atoms with van der Waals surface area (Å²) in [7, 11) is -10.1. The van der Waals surface area contributed by atoms with Gasteiger partial charge in [0.15, 0.2) is 0 Å². The Morgan fingerprint density at radius 2 is 1.56 bits per heavy atom. The summed E-state index contributed by atoms with van der Waals surface area (Å²) in [6.07, 6.45) is 1.38. The largest absolute Gasteiger partial charge is 0.478 e. The molecule has 18 heavy (non-hydrogen) atoms. The first-order chi connectivity index (χ1) is 7.91. The van der Waals surface area contributed by atoms with Crippen molar-refractivity contribution in [1.82, 2.24) is 9.97 Å². The van der Waals surface area contributed by atoms with E-state index in [1.807, 2.05) is 0 Å². The maximum Gasteiger partial charge on any atom is 0.478 e. The normalized spacial score (nSPS) is 11.6. The number of aromatic amines is 2. The zero-order valence-corrected chi connectivity index (χ0v) is 10.6. The van der Waals surface area contributed by atoms with E-state index in [1.165, 1.54) is 6.20 Å². The number of H-pyrrole nitrogens is 2. The van der Waals surface area contributed by atoms with Gasteiger partial charge in [-0.2, -0.15) is 4.31 Å². The molecule has 0 radical (unpaired) electrons. The van der Waals surface area contributed by atoms with Crippen molar-refractivity contribution < 1.29 is 33.0 Å². The van der Waals surface area contributed by atoms with Crippen molar-refractivity contribution in [3.05, 3.63) is 32.6 Å². The minimum absolute atomic E-state index is 0.334. The molecule has 0 atom stereocenters. The van der Waals surface area contributed by atoms with Crippen LogP contribution in [0.3, 0.4) is 0 Å². The average molecular weight is 304 g/mol. The summed E-state index contributed by atoms with van der Waals surface area (Å²) in [4.78, 5) is 56.3. The number of hydrogen-bond donors (Lipinski definition) is 6. The van der Waals surface area contributed by atoms with E-state index in [0.717, 1.165) is 0 Å². The van der Waals surface area contributed by atoms with E-state index >= 15 is 0 Å². The van der Waals surface area contributed by atoms with Gasteiger partial charge in [-0.05, 0) is 6.92 Å². The molecule has 0 amide bonds. The summed E-state index contributed by atoms with van der Waals surface area (Å²) in [6.45, 7) is 1.62. The molecule has 0 saturated carbocycles. The lowest BCUT2D eigenvalue weighted by Gasteiger charge is -2.03.